The molecular formula is C15H20N2O. The maximum Gasteiger partial charge on any atom is 0.243 e. The van der Waals surface area contributed by atoms with Gasteiger partial charge in [0.1, 0.15) is 5.41 Å². The van der Waals surface area contributed by atoms with Gasteiger partial charge < -0.3 is 4.90 Å². The maximum absolute atomic E-state index is 12.6. The molecule has 0 heterocycles. The molecule has 0 aromatic rings. The topological polar surface area (TPSA) is 44.1 Å². The Morgan fingerprint density at radius 2 is 2.00 bits per heavy atom. The van der Waals surface area contributed by atoms with Gasteiger partial charge in [-0.05, 0) is 31.6 Å². The largest absolute Gasteiger partial charge is 0.330 e. The van der Waals surface area contributed by atoms with Crippen LogP contribution in [-0.2, 0) is 4.79 Å². The van der Waals surface area contributed by atoms with Crippen LogP contribution in [0.4, 0.5) is 0 Å². The van der Waals surface area contributed by atoms with Gasteiger partial charge in [-0.25, -0.2) is 0 Å². The van der Waals surface area contributed by atoms with Crippen molar-refractivity contribution in [2.75, 3.05) is 13.1 Å². The molecule has 18 heavy (non-hydrogen) atoms. The lowest BCUT2D eigenvalue weighted by atomic mass is 9.74. The van der Waals surface area contributed by atoms with Crippen LogP contribution >= 0.6 is 0 Å². The van der Waals surface area contributed by atoms with Crippen LogP contribution < -0.4 is 0 Å². The summed E-state index contributed by atoms with van der Waals surface area (Å²) in [6, 6.07) is 2.29. The molecule has 2 aliphatic rings. The number of amides is 1. The third-order valence-electron chi connectivity index (χ3n) is 4.08. The highest BCUT2D eigenvalue weighted by Gasteiger charge is 2.43. The number of nitrogens with zero attached hydrogens (tertiary/aromatic N) is 2. The van der Waals surface area contributed by atoms with Crippen LogP contribution in [0.3, 0.4) is 0 Å². The second-order valence-electron chi connectivity index (χ2n) is 5.59. The van der Waals surface area contributed by atoms with Crippen molar-refractivity contribution >= 4 is 5.91 Å². The molecule has 0 radical (unpaired) electrons. The Balaban J connectivity index is 2.09. The zero-order valence-corrected chi connectivity index (χ0v) is 10.8. The highest BCUT2D eigenvalue weighted by molar-refractivity contribution is 5.85. The standard InChI is InChI=1S/C15H20N2O/c1-2-10-17(11-13-6-7-13)14(18)15(12-16)8-4-3-5-9-15/h1,13H,3-11H2. The first-order valence-electron chi connectivity index (χ1n) is 6.86. The van der Waals surface area contributed by atoms with Crippen LogP contribution in [0, 0.1) is 35.0 Å². The molecule has 0 bridgehead atoms. The predicted molar refractivity (Wildman–Crippen MR) is 69.3 cm³/mol. The van der Waals surface area contributed by atoms with Gasteiger partial charge in [-0.1, -0.05) is 25.2 Å². The van der Waals surface area contributed by atoms with Crippen molar-refractivity contribution in [2.24, 2.45) is 11.3 Å². The summed E-state index contributed by atoms with van der Waals surface area (Å²) in [7, 11) is 0. The van der Waals surface area contributed by atoms with E-state index in [0.717, 1.165) is 25.8 Å². The Kier molecular flexibility index (Phi) is 3.92. The maximum atomic E-state index is 12.6. The summed E-state index contributed by atoms with van der Waals surface area (Å²) in [6.07, 6.45) is 12.2. The molecule has 0 saturated heterocycles. The van der Waals surface area contributed by atoms with Crippen molar-refractivity contribution in [3.8, 4) is 18.4 Å². The first-order chi connectivity index (χ1) is 8.72. The van der Waals surface area contributed by atoms with Gasteiger partial charge in [0.05, 0.1) is 12.6 Å². The fourth-order valence-electron chi connectivity index (χ4n) is 2.77. The van der Waals surface area contributed by atoms with E-state index in [-0.39, 0.29) is 5.91 Å². The second-order valence-corrected chi connectivity index (χ2v) is 5.59. The van der Waals surface area contributed by atoms with Gasteiger partial charge in [0, 0.05) is 6.54 Å². The normalized spacial score (nSPS) is 21.7. The monoisotopic (exact) mass is 244 g/mol. The van der Waals surface area contributed by atoms with Gasteiger partial charge in [-0.15, -0.1) is 6.42 Å². The Hall–Kier alpha value is -1.48. The molecule has 96 valence electrons. The molecule has 0 unspecified atom stereocenters. The summed E-state index contributed by atoms with van der Waals surface area (Å²) in [4.78, 5) is 14.4. The van der Waals surface area contributed by atoms with Gasteiger partial charge in [0.2, 0.25) is 5.91 Å². The minimum atomic E-state index is -0.788. The lowest BCUT2D eigenvalue weighted by Crippen LogP contribution is -2.45. The number of carbonyl (C=O) groups excluding carboxylic acids is 1. The Morgan fingerprint density at radius 3 is 2.50 bits per heavy atom. The SMILES string of the molecule is C#CCN(CC1CC1)C(=O)C1(C#N)CCCCC1. The van der Waals surface area contributed by atoms with Gasteiger partial charge in [0.25, 0.3) is 0 Å². The number of terminal acetylenes is 1. The average Bonchev–Trinajstić information content (AvgIpc) is 3.22. The van der Waals surface area contributed by atoms with E-state index in [9.17, 15) is 10.1 Å². The smallest absolute Gasteiger partial charge is 0.243 e. The Labute approximate surface area is 109 Å². The molecule has 2 rings (SSSR count). The zero-order chi connectivity index (χ0) is 13.0. The Morgan fingerprint density at radius 1 is 1.33 bits per heavy atom. The van der Waals surface area contributed by atoms with Crippen molar-refractivity contribution in [3.63, 3.8) is 0 Å². The third-order valence-corrected chi connectivity index (χ3v) is 4.08. The molecule has 2 fully saturated rings. The number of hydrogen-bond acceptors (Lipinski definition) is 2. The number of nitriles is 1. The van der Waals surface area contributed by atoms with Crippen LogP contribution in [0.15, 0.2) is 0 Å². The molecule has 0 N–H and O–H groups in total. The lowest BCUT2D eigenvalue weighted by molar-refractivity contribution is -0.140. The first-order valence-corrected chi connectivity index (χ1v) is 6.86. The van der Waals surface area contributed by atoms with E-state index in [0.29, 0.717) is 25.3 Å². The summed E-state index contributed by atoms with van der Waals surface area (Å²) < 4.78 is 0. The summed E-state index contributed by atoms with van der Waals surface area (Å²) >= 11 is 0. The minimum Gasteiger partial charge on any atom is -0.330 e. The third kappa shape index (κ3) is 2.67. The molecule has 2 aliphatic carbocycles. The molecule has 3 heteroatoms. The summed E-state index contributed by atoms with van der Waals surface area (Å²) in [5.74, 6) is 3.15. The van der Waals surface area contributed by atoms with Gasteiger partial charge >= 0.3 is 0 Å². The molecule has 0 atom stereocenters. The summed E-state index contributed by atoms with van der Waals surface area (Å²) in [6.45, 7) is 1.09. The van der Waals surface area contributed by atoms with Crippen LogP contribution in [0.1, 0.15) is 44.9 Å². The highest BCUT2D eigenvalue weighted by atomic mass is 16.2. The van der Waals surface area contributed by atoms with Crippen molar-refractivity contribution < 1.29 is 4.79 Å². The van der Waals surface area contributed by atoms with Gasteiger partial charge in [-0.3, -0.25) is 4.79 Å². The molecule has 1 amide bonds. The van der Waals surface area contributed by atoms with Crippen molar-refractivity contribution in [1.29, 1.82) is 5.26 Å². The van der Waals surface area contributed by atoms with Crippen LogP contribution in [0.25, 0.3) is 0 Å². The van der Waals surface area contributed by atoms with Crippen LogP contribution in [-0.4, -0.2) is 23.9 Å². The van der Waals surface area contributed by atoms with E-state index in [1.54, 1.807) is 4.90 Å². The number of rotatable bonds is 4. The van der Waals surface area contributed by atoms with E-state index in [4.69, 9.17) is 6.42 Å². The fraction of sp³-hybridized carbons (Fsp3) is 0.733. The quantitative estimate of drug-likeness (QED) is 0.712. The molecule has 0 aromatic heterocycles. The average molecular weight is 244 g/mol. The summed E-state index contributed by atoms with van der Waals surface area (Å²) in [5.41, 5.74) is -0.788. The molecule has 0 spiro atoms. The minimum absolute atomic E-state index is 0.0189. The molecule has 0 aromatic carbocycles. The Bertz CT molecular complexity index is 392. The first kappa shape index (κ1) is 13.0. The predicted octanol–water partition coefficient (Wildman–Crippen LogP) is 2.33. The van der Waals surface area contributed by atoms with Crippen molar-refractivity contribution in [1.82, 2.24) is 4.90 Å². The molecule has 2 saturated carbocycles. The van der Waals surface area contributed by atoms with Crippen LogP contribution in [0.5, 0.6) is 0 Å². The van der Waals surface area contributed by atoms with Crippen LogP contribution in [0.2, 0.25) is 0 Å². The van der Waals surface area contributed by atoms with E-state index >= 15 is 0 Å². The zero-order valence-electron chi connectivity index (χ0n) is 10.8. The van der Waals surface area contributed by atoms with Gasteiger partial charge in [0.15, 0.2) is 0 Å². The highest BCUT2D eigenvalue weighted by Crippen LogP contribution is 2.38. The second kappa shape index (κ2) is 5.44. The van der Waals surface area contributed by atoms with E-state index in [1.807, 2.05) is 0 Å². The molecular weight excluding hydrogens is 224 g/mol. The fourth-order valence-corrected chi connectivity index (χ4v) is 2.77. The lowest BCUT2D eigenvalue weighted by Gasteiger charge is -2.34. The molecule has 3 nitrogen and oxygen atoms in total. The molecule has 0 aliphatic heterocycles. The number of carbonyl (C=O) groups is 1. The van der Waals surface area contributed by atoms with E-state index in [2.05, 4.69) is 12.0 Å². The van der Waals surface area contributed by atoms with E-state index in [1.165, 1.54) is 12.8 Å². The van der Waals surface area contributed by atoms with E-state index < -0.39 is 5.41 Å². The summed E-state index contributed by atoms with van der Waals surface area (Å²) in [5, 5.41) is 9.43. The van der Waals surface area contributed by atoms with Crippen molar-refractivity contribution in [2.45, 2.75) is 44.9 Å². The number of hydrogen-bond donors (Lipinski definition) is 0. The van der Waals surface area contributed by atoms with Gasteiger partial charge in [-0.2, -0.15) is 5.26 Å². The van der Waals surface area contributed by atoms with Crippen molar-refractivity contribution in [3.05, 3.63) is 0 Å².